The van der Waals surface area contributed by atoms with Crippen molar-refractivity contribution in [3.63, 3.8) is 0 Å². The first kappa shape index (κ1) is 70.5. The third kappa shape index (κ3) is 26.7. The SMILES string of the molecule is CCCCCCCCCCCCCCCCCCC/C=C/CC/C=C/C(O)C(COC1OC(CO)C(OC2OC(CO)C(OC3OC(CO)C(O)C(O)C3O)C(O)C2O)C(O)C1O)NC(=O)CCCCCCCCCCCC. The van der Waals surface area contributed by atoms with Gasteiger partial charge in [-0.05, 0) is 32.1 Å². The molecular weight excluding hydrogens is 1010 g/mol. The van der Waals surface area contributed by atoms with Gasteiger partial charge in [-0.25, -0.2) is 0 Å². The Morgan fingerprint density at radius 2 is 0.821 bits per heavy atom. The van der Waals surface area contributed by atoms with E-state index < -0.39 is 124 Å². The highest BCUT2D eigenvalue weighted by Crippen LogP contribution is 2.33. The van der Waals surface area contributed by atoms with Crippen molar-refractivity contribution in [3.05, 3.63) is 24.3 Å². The van der Waals surface area contributed by atoms with Crippen LogP contribution in [-0.2, 0) is 33.2 Å². The lowest BCUT2D eigenvalue weighted by molar-refractivity contribution is -0.379. The van der Waals surface area contributed by atoms with Crippen LogP contribution < -0.4 is 5.32 Å². The average molecular weight is 1120 g/mol. The summed E-state index contributed by atoms with van der Waals surface area (Å²) in [7, 11) is 0. The van der Waals surface area contributed by atoms with E-state index in [-0.39, 0.29) is 18.9 Å². The Kier molecular flexibility index (Phi) is 38.9. The van der Waals surface area contributed by atoms with Crippen molar-refractivity contribution in [3.8, 4) is 0 Å². The second kappa shape index (κ2) is 43.0. The monoisotopic (exact) mass is 1120 g/mol. The summed E-state index contributed by atoms with van der Waals surface area (Å²) in [5.41, 5.74) is 0. The second-order valence-corrected chi connectivity index (χ2v) is 22.2. The molecule has 0 aromatic carbocycles. The predicted molar refractivity (Wildman–Crippen MR) is 296 cm³/mol. The Balaban J connectivity index is 1.48. The predicted octanol–water partition coefficient (Wildman–Crippen LogP) is 5.54. The second-order valence-electron chi connectivity index (χ2n) is 22.2. The van der Waals surface area contributed by atoms with Gasteiger partial charge >= 0.3 is 0 Å². The van der Waals surface area contributed by atoms with Gasteiger partial charge in [-0.15, -0.1) is 0 Å². The maximum absolute atomic E-state index is 13.2. The minimum atomic E-state index is -1.98. The zero-order valence-electron chi connectivity index (χ0n) is 47.7. The lowest BCUT2D eigenvalue weighted by Gasteiger charge is -2.48. The van der Waals surface area contributed by atoms with Gasteiger partial charge in [0.1, 0.15) is 73.2 Å². The minimum Gasteiger partial charge on any atom is -0.394 e. The summed E-state index contributed by atoms with van der Waals surface area (Å²) in [6, 6.07) is -0.984. The number of amides is 1. The van der Waals surface area contributed by atoms with Crippen LogP contribution in [0.3, 0.4) is 0 Å². The molecule has 3 saturated heterocycles. The van der Waals surface area contributed by atoms with Gasteiger partial charge in [-0.1, -0.05) is 199 Å². The highest BCUT2D eigenvalue weighted by Gasteiger charge is 2.53. The summed E-state index contributed by atoms with van der Waals surface area (Å²) in [4.78, 5) is 13.2. The number of carbonyl (C=O) groups is 1. The number of carbonyl (C=O) groups excluding carboxylic acids is 1. The fraction of sp³-hybridized carbons (Fsp3) is 0.915. The van der Waals surface area contributed by atoms with Crippen molar-refractivity contribution in [1.29, 1.82) is 0 Å². The fourth-order valence-electron chi connectivity index (χ4n) is 10.4. The molecule has 3 aliphatic rings. The number of hydrogen-bond donors (Lipinski definition) is 12. The highest BCUT2D eigenvalue weighted by atomic mass is 16.8. The van der Waals surface area contributed by atoms with Crippen LogP contribution in [0.2, 0.25) is 0 Å². The van der Waals surface area contributed by atoms with Gasteiger partial charge in [0.2, 0.25) is 5.91 Å². The Labute approximate surface area is 467 Å². The quantitative estimate of drug-likeness (QED) is 0.0263. The third-order valence-corrected chi connectivity index (χ3v) is 15.5. The van der Waals surface area contributed by atoms with Crippen LogP contribution in [0, 0.1) is 0 Å². The van der Waals surface area contributed by atoms with Crippen LogP contribution in [0.4, 0.5) is 0 Å². The van der Waals surface area contributed by atoms with Crippen molar-refractivity contribution in [2.24, 2.45) is 0 Å². The van der Waals surface area contributed by atoms with E-state index in [9.17, 15) is 61.0 Å². The van der Waals surface area contributed by atoms with Crippen molar-refractivity contribution < 1.29 is 89.4 Å². The van der Waals surface area contributed by atoms with Gasteiger partial charge in [-0.3, -0.25) is 4.79 Å². The Morgan fingerprint density at radius 3 is 1.28 bits per heavy atom. The molecule has 0 aliphatic carbocycles. The van der Waals surface area contributed by atoms with E-state index >= 15 is 0 Å². The summed E-state index contributed by atoms with van der Waals surface area (Å²) in [5, 5.41) is 120. The molecule has 78 heavy (non-hydrogen) atoms. The van der Waals surface area contributed by atoms with Gasteiger partial charge in [-0.2, -0.15) is 0 Å². The summed E-state index contributed by atoms with van der Waals surface area (Å²) >= 11 is 0. The van der Waals surface area contributed by atoms with E-state index in [0.29, 0.717) is 12.8 Å². The first-order valence-corrected chi connectivity index (χ1v) is 30.6. The van der Waals surface area contributed by atoms with Crippen molar-refractivity contribution >= 4 is 5.91 Å². The molecule has 0 saturated carbocycles. The standard InChI is InChI=1S/C59H109NO18/c1-3-5-7-9-11-13-15-16-17-18-19-20-21-22-23-24-25-26-27-28-30-32-34-36-43(64)42(60-47(65)37-35-33-31-29-14-12-10-8-6-4-2)41-73-57-53(71)50(68)55(45(39-62)75-57)78-59-54(72)51(69)56(46(40-63)76-59)77-58-52(70)49(67)48(66)44(38-61)74-58/h27-28,34,36,42-46,48-59,61-64,66-72H,3-26,29-33,35,37-41H2,1-2H3,(H,60,65)/b28-27+,36-34+. The van der Waals surface area contributed by atoms with Crippen LogP contribution in [0.5, 0.6) is 0 Å². The fourth-order valence-corrected chi connectivity index (χ4v) is 10.4. The van der Waals surface area contributed by atoms with Gasteiger partial charge in [0.15, 0.2) is 18.9 Å². The molecule has 0 aromatic rings. The number of allylic oxidation sites excluding steroid dienone is 3. The molecule has 0 spiro atoms. The van der Waals surface area contributed by atoms with Crippen LogP contribution in [0.15, 0.2) is 24.3 Å². The van der Waals surface area contributed by atoms with Crippen molar-refractivity contribution in [1.82, 2.24) is 5.32 Å². The summed E-state index contributed by atoms with van der Waals surface area (Å²) in [6.45, 7) is 1.69. The Hall–Kier alpha value is -1.73. The largest absolute Gasteiger partial charge is 0.394 e. The van der Waals surface area contributed by atoms with E-state index in [4.69, 9.17) is 28.4 Å². The van der Waals surface area contributed by atoms with Crippen molar-refractivity contribution in [2.45, 2.75) is 317 Å². The maximum atomic E-state index is 13.2. The molecule has 19 heteroatoms. The van der Waals surface area contributed by atoms with E-state index in [2.05, 4.69) is 31.3 Å². The molecular formula is C59H109NO18. The molecule has 0 bridgehead atoms. The highest BCUT2D eigenvalue weighted by molar-refractivity contribution is 5.76. The third-order valence-electron chi connectivity index (χ3n) is 15.5. The molecule has 12 N–H and O–H groups in total. The molecule has 17 atom stereocenters. The number of aliphatic hydroxyl groups is 11. The number of ether oxygens (including phenoxy) is 6. The molecule has 17 unspecified atom stereocenters. The summed E-state index contributed by atoms with van der Waals surface area (Å²) < 4.78 is 34.2. The van der Waals surface area contributed by atoms with Gasteiger partial charge in [0.05, 0.1) is 38.6 Å². The van der Waals surface area contributed by atoms with E-state index in [1.54, 1.807) is 6.08 Å². The van der Waals surface area contributed by atoms with Crippen LogP contribution in [-0.4, -0.2) is 193 Å². The Morgan fingerprint density at radius 1 is 0.449 bits per heavy atom. The van der Waals surface area contributed by atoms with Crippen LogP contribution in [0.1, 0.15) is 213 Å². The summed E-state index contributed by atoms with van der Waals surface area (Å²) in [5.74, 6) is -0.287. The van der Waals surface area contributed by atoms with E-state index in [1.165, 1.54) is 141 Å². The van der Waals surface area contributed by atoms with Gasteiger partial charge in [0.25, 0.3) is 0 Å². The number of unbranched alkanes of at least 4 members (excludes halogenated alkanes) is 27. The molecule has 3 aliphatic heterocycles. The number of hydrogen-bond acceptors (Lipinski definition) is 18. The normalized spacial score (nSPS) is 30.6. The van der Waals surface area contributed by atoms with Gasteiger partial charge < -0.3 is 89.9 Å². The number of nitrogens with one attached hydrogen (secondary N) is 1. The Bertz CT molecular complexity index is 1530. The lowest BCUT2D eigenvalue weighted by Crippen LogP contribution is -2.66. The number of rotatable bonds is 45. The topological polar surface area (TPSA) is 307 Å². The molecule has 3 heterocycles. The zero-order chi connectivity index (χ0) is 56.9. The van der Waals surface area contributed by atoms with Gasteiger partial charge in [0, 0.05) is 6.42 Å². The first-order chi connectivity index (χ1) is 37.8. The maximum Gasteiger partial charge on any atom is 0.220 e. The number of aliphatic hydroxyl groups excluding tert-OH is 11. The average Bonchev–Trinajstić information content (AvgIpc) is 3.45. The summed E-state index contributed by atoms with van der Waals surface area (Å²) in [6.07, 6.45) is 17.6. The lowest BCUT2D eigenvalue weighted by atomic mass is 9.96. The van der Waals surface area contributed by atoms with E-state index in [1.807, 2.05) is 6.08 Å². The molecule has 3 fully saturated rings. The smallest absolute Gasteiger partial charge is 0.220 e. The molecule has 0 aromatic heterocycles. The molecule has 0 radical (unpaired) electrons. The van der Waals surface area contributed by atoms with Crippen molar-refractivity contribution in [2.75, 3.05) is 26.4 Å². The van der Waals surface area contributed by atoms with Crippen LogP contribution in [0.25, 0.3) is 0 Å². The molecule has 458 valence electrons. The molecule has 19 nitrogen and oxygen atoms in total. The van der Waals surface area contributed by atoms with Crippen LogP contribution >= 0.6 is 0 Å². The minimum absolute atomic E-state index is 0.238. The zero-order valence-corrected chi connectivity index (χ0v) is 47.7. The first-order valence-electron chi connectivity index (χ1n) is 30.6. The molecule has 3 rings (SSSR count). The molecule has 1 amide bonds. The van der Waals surface area contributed by atoms with E-state index in [0.717, 1.165) is 38.5 Å².